The number of rotatable bonds is 4. The maximum Gasteiger partial charge on any atom is 0.267 e. The molecule has 3 rings (SSSR count). The molecule has 0 aliphatic carbocycles. The number of fused-ring (bicyclic) bond motifs is 1. The lowest BCUT2D eigenvalue weighted by molar-refractivity contribution is 0.0946. The van der Waals surface area contributed by atoms with E-state index in [1.54, 1.807) is 19.2 Å². The molecular weight excluding hydrogens is 363 g/mol. The third kappa shape index (κ3) is 3.37. The van der Waals surface area contributed by atoms with Gasteiger partial charge in [0.15, 0.2) is 0 Å². The molecule has 6 heteroatoms. The maximum absolute atomic E-state index is 13.3. The highest BCUT2D eigenvalue weighted by atomic mass is 79.9. The quantitative estimate of drug-likeness (QED) is 0.722. The van der Waals surface area contributed by atoms with Crippen LogP contribution in [0.2, 0.25) is 0 Å². The second kappa shape index (κ2) is 6.42. The molecule has 1 amide bonds. The zero-order chi connectivity index (χ0) is 16.4. The molecule has 0 saturated carbocycles. The predicted octanol–water partition coefficient (Wildman–Crippen LogP) is 4.01. The van der Waals surface area contributed by atoms with Gasteiger partial charge >= 0.3 is 0 Å². The first-order valence-corrected chi connectivity index (χ1v) is 7.75. The van der Waals surface area contributed by atoms with Gasteiger partial charge in [-0.15, -0.1) is 0 Å². The molecule has 0 saturated heterocycles. The number of benzene rings is 2. The summed E-state index contributed by atoms with van der Waals surface area (Å²) in [5.41, 5.74) is 1.94. The van der Waals surface area contributed by atoms with Crippen LogP contribution >= 0.6 is 15.9 Å². The molecule has 0 aliphatic rings. The van der Waals surface area contributed by atoms with Gasteiger partial charge in [-0.25, -0.2) is 4.39 Å². The van der Waals surface area contributed by atoms with Gasteiger partial charge in [0.1, 0.15) is 17.3 Å². The SMILES string of the molecule is COc1ccc2cc(C(=O)NCc3cc(F)ccc3Br)[nH]c2c1. The highest BCUT2D eigenvalue weighted by Crippen LogP contribution is 2.21. The van der Waals surface area contributed by atoms with Crippen LogP contribution in [0.5, 0.6) is 5.75 Å². The summed E-state index contributed by atoms with van der Waals surface area (Å²) in [6.45, 7) is 0.232. The number of amides is 1. The minimum atomic E-state index is -0.338. The molecule has 1 heterocycles. The number of aromatic nitrogens is 1. The van der Waals surface area contributed by atoms with E-state index < -0.39 is 0 Å². The summed E-state index contributed by atoms with van der Waals surface area (Å²) in [4.78, 5) is 15.3. The third-order valence-corrected chi connectivity index (χ3v) is 4.30. The molecule has 0 bridgehead atoms. The molecule has 2 aromatic carbocycles. The van der Waals surface area contributed by atoms with Crippen LogP contribution in [-0.4, -0.2) is 18.0 Å². The van der Waals surface area contributed by atoms with Gasteiger partial charge in [0.2, 0.25) is 0 Å². The van der Waals surface area contributed by atoms with Crippen LogP contribution in [0, 0.1) is 5.82 Å². The molecule has 0 aliphatic heterocycles. The summed E-state index contributed by atoms with van der Waals surface area (Å²) in [5.74, 6) is 0.126. The van der Waals surface area contributed by atoms with Crippen molar-refractivity contribution in [2.75, 3.05) is 7.11 Å². The second-order valence-electron chi connectivity index (χ2n) is 5.05. The average molecular weight is 377 g/mol. The Morgan fingerprint density at radius 1 is 1.26 bits per heavy atom. The molecule has 23 heavy (non-hydrogen) atoms. The van der Waals surface area contributed by atoms with Crippen LogP contribution in [-0.2, 0) is 6.54 Å². The van der Waals surface area contributed by atoms with E-state index in [9.17, 15) is 9.18 Å². The van der Waals surface area contributed by atoms with E-state index in [-0.39, 0.29) is 18.3 Å². The van der Waals surface area contributed by atoms with Gasteiger partial charge in [-0.2, -0.15) is 0 Å². The lowest BCUT2D eigenvalue weighted by atomic mass is 10.2. The zero-order valence-electron chi connectivity index (χ0n) is 12.3. The van der Waals surface area contributed by atoms with Gasteiger partial charge in [0.05, 0.1) is 7.11 Å². The number of carbonyl (C=O) groups excluding carboxylic acids is 1. The van der Waals surface area contributed by atoms with E-state index in [0.717, 1.165) is 21.1 Å². The Morgan fingerprint density at radius 2 is 2.09 bits per heavy atom. The van der Waals surface area contributed by atoms with Crippen molar-refractivity contribution in [3.05, 3.63) is 64.0 Å². The van der Waals surface area contributed by atoms with Gasteiger partial charge in [-0.05, 0) is 42.0 Å². The average Bonchev–Trinajstić information content (AvgIpc) is 2.98. The van der Waals surface area contributed by atoms with Crippen molar-refractivity contribution in [3.63, 3.8) is 0 Å². The second-order valence-corrected chi connectivity index (χ2v) is 5.91. The van der Waals surface area contributed by atoms with E-state index in [2.05, 4.69) is 26.2 Å². The first-order valence-electron chi connectivity index (χ1n) is 6.95. The smallest absolute Gasteiger partial charge is 0.267 e. The van der Waals surface area contributed by atoms with Gasteiger partial charge in [-0.3, -0.25) is 4.79 Å². The van der Waals surface area contributed by atoms with Crippen molar-refractivity contribution in [1.29, 1.82) is 0 Å². The van der Waals surface area contributed by atoms with Crippen molar-refractivity contribution in [2.45, 2.75) is 6.54 Å². The predicted molar refractivity (Wildman–Crippen MR) is 90.1 cm³/mol. The van der Waals surface area contributed by atoms with Crippen molar-refractivity contribution in [3.8, 4) is 5.75 Å². The van der Waals surface area contributed by atoms with Crippen molar-refractivity contribution in [1.82, 2.24) is 10.3 Å². The number of hydrogen-bond donors (Lipinski definition) is 2. The van der Waals surface area contributed by atoms with Crippen molar-refractivity contribution >= 4 is 32.7 Å². The Labute approximate surface area is 140 Å². The summed E-state index contributed by atoms with van der Waals surface area (Å²) >= 11 is 3.34. The normalized spacial score (nSPS) is 10.7. The zero-order valence-corrected chi connectivity index (χ0v) is 13.9. The fraction of sp³-hybridized carbons (Fsp3) is 0.118. The molecule has 0 atom stereocenters. The first kappa shape index (κ1) is 15.6. The molecular formula is C17H14BrFN2O2. The molecule has 0 unspecified atom stereocenters. The van der Waals surface area contributed by atoms with Crippen LogP contribution in [0.4, 0.5) is 4.39 Å². The lowest BCUT2D eigenvalue weighted by Gasteiger charge is -2.06. The highest BCUT2D eigenvalue weighted by molar-refractivity contribution is 9.10. The number of H-pyrrole nitrogens is 1. The fourth-order valence-electron chi connectivity index (χ4n) is 2.30. The van der Waals surface area contributed by atoms with E-state index >= 15 is 0 Å². The number of hydrogen-bond acceptors (Lipinski definition) is 2. The van der Waals surface area contributed by atoms with Crippen LogP contribution in [0.15, 0.2) is 46.9 Å². The molecule has 4 nitrogen and oxygen atoms in total. The van der Waals surface area contributed by atoms with Crippen molar-refractivity contribution in [2.24, 2.45) is 0 Å². The minimum absolute atomic E-state index is 0.232. The van der Waals surface area contributed by atoms with Crippen LogP contribution in [0.25, 0.3) is 10.9 Å². The van der Waals surface area contributed by atoms with Gasteiger partial charge in [-0.1, -0.05) is 15.9 Å². The number of carbonyl (C=O) groups is 1. The summed E-state index contributed by atoms with van der Waals surface area (Å²) in [6.07, 6.45) is 0. The summed E-state index contributed by atoms with van der Waals surface area (Å²) in [5, 5.41) is 3.69. The molecule has 0 radical (unpaired) electrons. The Hall–Kier alpha value is -2.34. The Kier molecular flexibility index (Phi) is 4.34. The largest absolute Gasteiger partial charge is 0.497 e. The third-order valence-electron chi connectivity index (χ3n) is 3.52. The molecule has 1 aromatic heterocycles. The Balaban J connectivity index is 1.76. The lowest BCUT2D eigenvalue weighted by Crippen LogP contribution is -2.23. The minimum Gasteiger partial charge on any atom is -0.497 e. The summed E-state index contributed by atoms with van der Waals surface area (Å²) in [7, 11) is 1.59. The molecule has 2 N–H and O–H groups in total. The number of aromatic amines is 1. The van der Waals surface area contributed by atoms with Gasteiger partial charge in [0, 0.05) is 28.0 Å². The number of nitrogens with one attached hydrogen (secondary N) is 2. The monoisotopic (exact) mass is 376 g/mol. The molecule has 118 valence electrons. The van der Waals surface area contributed by atoms with Crippen LogP contribution < -0.4 is 10.1 Å². The maximum atomic E-state index is 13.3. The topological polar surface area (TPSA) is 54.1 Å². The van der Waals surface area contributed by atoms with Crippen molar-refractivity contribution < 1.29 is 13.9 Å². The first-order chi connectivity index (χ1) is 11.1. The number of methoxy groups -OCH3 is 1. The van der Waals surface area contributed by atoms with Gasteiger partial charge in [0.25, 0.3) is 5.91 Å². The van der Waals surface area contributed by atoms with E-state index in [4.69, 9.17) is 4.74 Å². The number of ether oxygens (including phenoxy) is 1. The fourth-order valence-corrected chi connectivity index (χ4v) is 2.69. The molecule has 0 fully saturated rings. The van der Waals surface area contributed by atoms with Crippen LogP contribution in [0.1, 0.15) is 16.1 Å². The highest BCUT2D eigenvalue weighted by Gasteiger charge is 2.11. The molecule has 3 aromatic rings. The standard InChI is InChI=1S/C17H14BrFN2O2/c1-23-13-4-2-10-7-16(21-15(10)8-13)17(22)20-9-11-6-12(19)3-5-14(11)18/h2-8,21H,9H2,1H3,(H,20,22). The number of halogens is 2. The van der Waals surface area contributed by atoms with E-state index in [1.165, 1.54) is 12.1 Å². The summed E-state index contributed by atoms with van der Waals surface area (Å²) < 4.78 is 19.2. The van der Waals surface area contributed by atoms with Gasteiger partial charge < -0.3 is 15.0 Å². The molecule has 0 spiro atoms. The van der Waals surface area contributed by atoms with E-state index in [0.29, 0.717) is 11.3 Å². The Morgan fingerprint density at radius 3 is 2.87 bits per heavy atom. The summed E-state index contributed by atoms with van der Waals surface area (Å²) in [6, 6.07) is 11.7. The van der Waals surface area contributed by atoms with Crippen LogP contribution in [0.3, 0.4) is 0 Å². The Bertz CT molecular complexity index is 876. The van der Waals surface area contributed by atoms with E-state index in [1.807, 2.05) is 18.2 Å².